The Bertz CT molecular complexity index is 1380. The first-order valence-corrected chi connectivity index (χ1v) is 11.6. The third-order valence-corrected chi connectivity index (χ3v) is 5.74. The van der Waals surface area contributed by atoms with Gasteiger partial charge in [-0.1, -0.05) is 46.9 Å². The minimum Gasteiger partial charge on any atom is -0.493 e. The van der Waals surface area contributed by atoms with E-state index in [1.807, 2.05) is 13.0 Å². The second kappa shape index (κ2) is 12.3. The van der Waals surface area contributed by atoms with Crippen molar-refractivity contribution in [2.24, 2.45) is 0 Å². The van der Waals surface area contributed by atoms with Gasteiger partial charge in [0.15, 0.2) is 18.1 Å². The molecule has 0 radical (unpaired) electrons. The van der Waals surface area contributed by atoms with E-state index in [4.69, 9.17) is 44.3 Å². The molecule has 7 nitrogen and oxygen atoms in total. The van der Waals surface area contributed by atoms with E-state index in [1.165, 1.54) is 25.3 Å². The first-order chi connectivity index (χ1) is 17.2. The summed E-state index contributed by atoms with van der Waals surface area (Å²) in [5.74, 6) is -0.702. The van der Waals surface area contributed by atoms with Crippen LogP contribution in [0.4, 0.5) is 11.4 Å². The molecule has 0 atom stereocenters. The van der Waals surface area contributed by atoms with Gasteiger partial charge in [-0.2, -0.15) is 5.26 Å². The van der Waals surface area contributed by atoms with Crippen LogP contribution in [0.25, 0.3) is 6.08 Å². The van der Waals surface area contributed by atoms with Crippen LogP contribution in [0.2, 0.25) is 15.1 Å². The van der Waals surface area contributed by atoms with Gasteiger partial charge in [0, 0.05) is 21.4 Å². The molecule has 3 rings (SSSR count). The molecule has 184 valence electrons. The highest BCUT2D eigenvalue weighted by atomic mass is 35.5. The highest BCUT2D eigenvalue weighted by molar-refractivity contribution is 6.32. The zero-order valence-corrected chi connectivity index (χ0v) is 21.5. The van der Waals surface area contributed by atoms with Gasteiger partial charge in [0.25, 0.3) is 11.8 Å². The summed E-state index contributed by atoms with van der Waals surface area (Å²) < 4.78 is 10.9. The Kier molecular flexibility index (Phi) is 9.20. The second-order valence-corrected chi connectivity index (χ2v) is 8.72. The lowest BCUT2D eigenvalue weighted by molar-refractivity contribution is -0.118. The number of nitrogens with zero attached hydrogens (tertiary/aromatic N) is 1. The fourth-order valence-corrected chi connectivity index (χ4v) is 3.69. The van der Waals surface area contributed by atoms with Gasteiger partial charge >= 0.3 is 0 Å². The van der Waals surface area contributed by atoms with Crippen LogP contribution in [0, 0.1) is 18.3 Å². The molecule has 0 saturated carbocycles. The molecular weight excluding hydrogens is 525 g/mol. The molecule has 36 heavy (non-hydrogen) atoms. The molecule has 0 aromatic heterocycles. The molecular formula is C26H20Cl3N3O4. The Hall–Kier alpha value is -3.70. The van der Waals surface area contributed by atoms with E-state index >= 15 is 0 Å². The van der Waals surface area contributed by atoms with E-state index in [2.05, 4.69) is 10.6 Å². The normalized spacial score (nSPS) is 10.8. The van der Waals surface area contributed by atoms with E-state index in [0.29, 0.717) is 27.0 Å². The average molecular weight is 545 g/mol. The number of hydrogen-bond donors (Lipinski definition) is 2. The van der Waals surface area contributed by atoms with E-state index in [9.17, 15) is 14.9 Å². The molecule has 0 saturated heterocycles. The number of hydrogen-bond acceptors (Lipinski definition) is 5. The molecule has 2 N–H and O–H groups in total. The summed E-state index contributed by atoms with van der Waals surface area (Å²) in [4.78, 5) is 24.9. The van der Waals surface area contributed by atoms with Crippen LogP contribution >= 0.6 is 34.8 Å². The lowest BCUT2D eigenvalue weighted by atomic mass is 10.1. The minimum atomic E-state index is -0.622. The van der Waals surface area contributed by atoms with Crippen LogP contribution in [-0.2, 0) is 9.59 Å². The summed E-state index contributed by atoms with van der Waals surface area (Å²) in [5, 5.41) is 15.9. The molecule has 0 fully saturated rings. The monoisotopic (exact) mass is 543 g/mol. The van der Waals surface area contributed by atoms with Crippen LogP contribution in [-0.4, -0.2) is 25.5 Å². The minimum absolute atomic E-state index is 0.124. The number of rotatable bonds is 8. The van der Waals surface area contributed by atoms with Crippen LogP contribution < -0.4 is 20.1 Å². The zero-order valence-electron chi connectivity index (χ0n) is 19.2. The Morgan fingerprint density at radius 2 is 1.75 bits per heavy atom. The molecule has 0 spiro atoms. The molecule has 0 aliphatic carbocycles. The molecule has 0 bridgehead atoms. The van der Waals surface area contributed by atoms with Crippen molar-refractivity contribution in [1.82, 2.24) is 0 Å². The van der Waals surface area contributed by atoms with Crippen LogP contribution in [0.3, 0.4) is 0 Å². The van der Waals surface area contributed by atoms with Gasteiger partial charge in [0.1, 0.15) is 11.6 Å². The second-order valence-electron chi connectivity index (χ2n) is 7.47. The molecule has 0 unspecified atom stereocenters. The first kappa shape index (κ1) is 26.9. The standard InChI is InChI=1S/C26H20Cl3N3O4/c1-15-6-7-20(12-21(15)28)31-24(33)14-36-25-22(29)9-16(10-23(25)35-2)8-17(13-30)26(34)32-19-5-3-4-18(27)11-19/h3-12H,14H2,1-2H3,(H,31,33)(H,32,34)/b17-8-. The number of nitrogens with one attached hydrogen (secondary N) is 2. The van der Waals surface area contributed by atoms with Crippen molar-refractivity contribution in [1.29, 1.82) is 5.26 Å². The van der Waals surface area contributed by atoms with E-state index < -0.39 is 11.8 Å². The van der Waals surface area contributed by atoms with Crippen molar-refractivity contribution in [3.8, 4) is 17.6 Å². The van der Waals surface area contributed by atoms with Gasteiger partial charge in [0.2, 0.25) is 0 Å². The Morgan fingerprint density at radius 3 is 2.42 bits per heavy atom. The van der Waals surface area contributed by atoms with E-state index in [0.717, 1.165) is 5.56 Å². The fraction of sp³-hybridized carbons (Fsp3) is 0.115. The van der Waals surface area contributed by atoms with Gasteiger partial charge < -0.3 is 20.1 Å². The van der Waals surface area contributed by atoms with E-state index in [-0.39, 0.29) is 28.7 Å². The quantitative estimate of drug-likeness (QED) is 0.248. The van der Waals surface area contributed by atoms with Crippen molar-refractivity contribution >= 4 is 64.1 Å². The smallest absolute Gasteiger partial charge is 0.266 e. The summed E-state index contributed by atoms with van der Waals surface area (Å²) in [5.41, 5.74) is 2.11. The number of methoxy groups -OCH3 is 1. The Balaban J connectivity index is 1.73. The number of aryl methyl sites for hydroxylation is 1. The lowest BCUT2D eigenvalue weighted by Crippen LogP contribution is -2.20. The maximum Gasteiger partial charge on any atom is 0.266 e. The van der Waals surface area contributed by atoms with Crippen molar-refractivity contribution in [2.75, 3.05) is 24.4 Å². The molecule has 0 aliphatic rings. The number of carbonyl (C=O) groups is 2. The van der Waals surface area contributed by atoms with Crippen LogP contribution in [0.1, 0.15) is 11.1 Å². The van der Waals surface area contributed by atoms with E-state index in [1.54, 1.807) is 42.5 Å². The number of carbonyl (C=O) groups excluding carboxylic acids is 2. The number of benzene rings is 3. The number of nitriles is 1. The highest BCUT2D eigenvalue weighted by Gasteiger charge is 2.16. The number of amides is 2. The van der Waals surface area contributed by atoms with Gasteiger partial charge in [-0.05, 0) is 66.6 Å². The van der Waals surface area contributed by atoms with Gasteiger partial charge in [-0.15, -0.1) is 0 Å². The number of halogens is 3. The maximum absolute atomic E-state index is 12.5. The summed E-state index contributed by atoms with van der Waals surface area (Å²) in [7, 11) is 1.40. The SMILES string of the molecule is COc1cc(/C=C(/C#N)C(=O)Nc2cccc(Cl)c2)cc(Cl)c1OCC(=O)Nc1ccc(C)c(Cl)c1. The Morgan fingerprint density at radius 1 is 1.00 bits per heavy atom. The molecule has 0 aliphatic heterocycles. The van der Waals surface area contributed by atoms with Crippen molar-refractivity contribution in [3.05, 3.63) is 86.4 Å². The van der Waals surface area contributed by atoms with Crippen LogP contribution in [0.5, 0.6) is 11.5 Å². The molecule has 3 aromatic rings. The summed E-state index contributed by atoms with van der Waals surface area (Å²) in [6.07, 6.45) is 1.35. The zero-order chi connectivity index (χ0) is 26.2. The van der Waals surface area contributed by atoms with Gasteiger partial charge in [-0.3, -0.25) is 9.59 Å². The lowest BCUT2D eigenvalue weighted by Gasteiger charge is -2.14. The summed E-state index contributed by atoms with van der Waals surface area (Å²) >= 11 is 18.4. The molecule has 0 heterocycles. The largest absolute Gasteiger partial charge is 0.493 e. The van der Waals surface area contributed by atoms with Gasteiger partial charge in [0.05, 0.1) is 12.1 Å². The number of ether oxygens (including phenoxy) is 2. The van der Waals surface area contributed by atoms with Crippen molar-refractivity contribution in [2.45, 2.75) is 6.92 Å². The Labute approximate surface area is 223 Å². The average Bonchev–Trinajstić information content (AvgIpc) is 2.83. The van der Waals surface area contributed by atoms with Crippen molar-refractivity contribution < 1.29 is 19.1 Å². The first-order valence-electron chi connectivity index (χ1n) is 10.4. The number of anilines is 2. The maximum atomic E-state index is 12.5. The fourth-order valence-electron chi connectivity index (χ4n) is 3.05. The summed E-state index contributed by atoms with van der Waals surface area (Å²) in [6.45, 7) is 1.51. The van der Waals surface area contributed by atoms with Crippen LogP contribution in [0.15, 0.2) is 60.2 Å². The third-order valence-electron chi connectivity index (χ3n) is 4.81. The summed E-state index contributed by atoms with van der Waals surface area (Å²) in [6, 6.07) is 16.6. The van der Waals surface area contributed by atoms with Crippen molar-refractivity contribution in [3.63, 3.8) is 0 Å². The molecule has 2 amide bonds. The molecule has 3 aromatic carbocycles. The molecule has 10 heteroatoms. The third kappa shape index (κ3) is 7.15. The van der Waals surface area contributed by atoms with Gasteiger partial charge in [-0.25, -0.2) is 0 Å². The topological polar surface area (TPSA) is 100 Å². The predicted molar refractivity (Wildman–Crippen MR) is 142 cm³/mol. The highest BCUT2D eigenvalue weighted by Crippen LogP contribution is 2.37. The predicted octanol–water partition coefficient (Wildman–Crippen LogP) is 6.53.